The van der Waals surface area contributed by atoms with E-state index in [9.17, 15) is 24.0 Å². The van der Waals surface area contributed by atoms with Gasteiger partial charge in [0.2, 0.25) is 23.6 Å². The van der Waals surface area contributed by atoms with Gasteiger partial charge in [-0.15, -0.1) is 0 Å². The molecule has 3 aromatic rings. The molecule has 0 unspecified atom stereocenters. The second kappa shape index (κ2) is 20.6. The van der Waals surface area contributed by atoms with Crippen molar-refractivity contribution >= 4 is 48.1 Å². The number of nitrogens with one attached hydrogen (secondary N) is 3. The zero-order chi connectivity index (χ0) is 42.7. The van der Waals surface area contributed by atoms with E-state index in [2.05, 4.69) is 61.0 Å². The van der Waals surface area contributed by atoms with Crippen LogP contribution in [0.4, 0.5) is 0 Å². The summed E-state index contributed by atoms with van der Waals surface area (Å²) in [6.07, 6.45) is 11.0. The molecule has 320 valence electrons. The molecule has 0 spiro atoms. The van der Waals surface area contributed by atoms with Gasteiger partial charge in [0.05, 0.1) is 0 Å². The molecule has 0 bridgehead atoms. The topological polar surface area (TPSA) is 134 Å². The number of benzene rings is 3. The third-order valence-corrected chi connectivity index (χ3v) is 17.7. The molecular formula is C49H64N4O6Si. The van der Waals surface area contributed by atoms with Crippen molar-refractivity contribution in [1.82, 2.24) is 20.9 Å². The fourth-order valence-electron chi connectivity index (χ4n) is 9.39. The van der Waals surface area contributed by atoms with Gasteiger partial charge in [0, 0.05) is 19.4 Å². The number of hydrogen-bond acceptors (Lipinski definition) is 6. The highest BCUT2D eigenvalue weighted by molar-refractivity contribution is 6.99. The van der Waals surface area contributed by atoms with Crippen LogP contribution in [-0.2, 0) is 34.8 Å². The summed E-state index contributed by atoms with van der Waals surface area (Å²) >= 11 is 0. The average molecular weight is 833 g/mol. The van der Waals surface area contributed by atoms with Crippen LogP contribution < -0.4 is 26.3 Å². The van der Waals surface area contributed by atoms with E-state index in [0.717, 1.165) is 48.0 Å². The van der Waals surface area contributed by atoms with Crippen LogP contribution in [0.3, 0.4) is 0 Å². The van der Waals surface area contributed by atoms with Gasteiger partial charge < -0.3 is 25.3 Å². The van der Waals surface area contributed by atoms with E-state index in [4.69, 9.17) is 4.43 Å². The highest BCUT2D eigenvalue weighted by Gasteiger charge is 2.51. The second-order valence-corrected chi connectivity index (χ2v) is 22.2. The number of hydrogen-bond donors (Lipinski definition) is 3. The monoisotopic (exact) mass is 832 g/mol. The van der Waals surface area contributed by atoms with Crippen LogP contribution in [-0.4, -0.2) is 79.4 Å². The zero-order valence-corrected chi connectivity index (χ0v) is 36.9. The molecule has 6 rings (SSSR count). The van der Waals surface area contributed by atoms with Crippen LogP contribution in [0, 0.1) is 5.92 Å². The number of fused-ring (bicyclic) bond motifs is 1. The van der Waals surface area contributed by atoms with E-state index in [1.807, 2.05) is 85.8 Å². The summed E-state index contributed by atoms with van der Waals surface area (Å²) in [5, 5.41) is 11.0. The van der Waals surface area contributed by atoms with Crippen LogP contribution in [0.1, 0.15) is 104 Å². The Kier molecular flexibility index (Phi) is 15.3. The highest BCUT2D eigenvalue weighted by atomic mass is 28.4. The zero-order valence-electron chi connectivity index (χ0n) is 35.9. The smallest absolute Gasteiger partial charge is 0.262 e. The number of Topliss-reactive ketones (excluding diaryl/α,β-unsaturated/α-hetero) is 1. The number of rotatable bonds is 14. The summed E-state index contributed by atoms with van der Waals surface area (Å²) in [4.78, 5) is 71.7. The molecule has 3 fully saturated rings. The summed E-state index contributed by atoms with van der Waals surface area (Å²) in [7, 11) is -2.93. The molecule has 4 amide bonds. The van der Waals surface area contributed by atoms with Crippen molar-refractivity contribution in [3.8, 4) is 0 Å². The Morgan fingerprint density at radius 2 is 1.30 bits per heavy atom. The third-order valence-electron chi connectivity index (χ3n) is 12.6. The van der Waals surface area contributed by atoms with Gasteiger partial charge in [0.1, 0.15) is 30.3 Å². The van der Waals surface area contributed by atoms with Crippen molar-refractivity contribution in [2.45, 2.75) is 140 Å². The quantitative estimate of drug-likeness (QED) is 0.137. The van der Waals surface area contributed by atoms with E-state index in [0.29, 0.717) is 32.2 Å². The van der Waals surface area contributed by atoms with E-state index >= 15 is 0 Å². The van der Waals surface area contributed by atoms with Gasteiger partial charge >= 0.3 is 0 Å². The Morgan fingerprint density at radius 3 is 1.92 bits per heavy atom. The maximum absolute atomic E-state index is 14.2. The lowest BCUT2D eigenvalue weighted by Crippen LogP contribution is -2.68. The highest BCUT2D eigenvalue weighted by Crippen LogP contribution is 2.38. The molecule has 2 saturated heterocycles. The number of ketones is 1. The molecule has 3 aliphatic rings. The minimum Gasteiger partial charge on any atom is -0.398 e. The minimum absolute atomic E-state index is 0.0515. The first kappa shape index (κ1) is 44.7. The number of amides is 4. The SMILES string of the molecule is C[C@H](O[Si](c1ccccc1)(c1ccccc1)C(C)(C)C)C(=O)CC=CCC[C@@H]1NC(=O)[C@H]2CCCN2C(=O)[C@H](Cc2ccccc2)NC(=O)[C@@H](CC2CCCCC2)NC1=O. The van der Waals surface area contributed by atoms with Crippen LogP contribution in [0.15, 0.2) is 103 Å². The molecule has 5 atom stereocenters. The molecule has 11 heteroatoms. The van der Waals surface area contributed by atoms with Gasteiger partial charge in [-0.2, -0.15) is 0 Å². The Balaban J connectivity index is 1.16. The van der Waals surface area contributed by atoms with E-state index in [-0.39, 0.29) is 53.7 Å². The minimum atomic E-state index is -2.93. The molecule has 0 aromatic heterocycles. The van der Waals surface area contributed by atoms with Crippen molar-refractivity contribution in [3.63, 3.8) is 0 Å². The first-order valence-corrected chi connectivity index (χ1v) is 24.0. The molecule has 2 heterocycles. The van der Waals surface area contributed by atoms with Gasteiger partial charge in [-0.25, -0.2) is 0 Å². The largest absolute Gasteiger partial charge is 0.398 e. The average Bonchev–Trinajstić information content (AvgIpc) is 3.75. The predicted molar refractivity (Wildman–Crippen MR) is 238 cm³/mol. The predicted octanol–water partition coefficient (Wildman–Crippen LogP) is 5.92. The summed E-state index contributed by atoms with van der Waals surface area (Å²) in [6.45, 7) is 8.78. The Labute approximate surface area is 357 Å². The van der Waals surface area contributed by atoms with Crippen molar-refractivity contribution < 1.29 is 28.4 Å². The lowest BCUT2D eigenvalue weighted by molar-refractivity contribution is -0.143. The van der Waals surface area contributed by atoms with Crippen LogP contribution in [0.5, 0.6) is 0 Å². The fourth-order valence-corrected chi connectivity index (χ4v) is 14.1. The Morgan fingerprint density at radius 1 is 0.733 bits per heavy atom. The lowest BCUT2D eigenvalue weighted by atomic mass is 9.84. The van der Waals surface area contributed by atoms with Crippen molar-refractivity contribution in [2.24, 2.45) is 5.92 Å². The maximum atomic E-state index is 14.2. The first-order chi connectivity index (χ1) is 28.9. The summed E-state index contributed by atoms with van der Waals surface area (Å²) in [6, 6.07) is 26.6. The number of allylic oxidation sites excluding steroid dienone is 2. The van der Waals surface area contributed by atoms with Gasteiger partial charge in [-0.05, 0) is 65.9 Å². The fraction of sp³-hybridized carbons (Fsp3) is 0.490. The molecule has 0 radical (unpaired) electrons. The van der Waals surface area contributed by atoms with Gasteiger partial charge in [0.15, 0.2) is 5.78 Å². The van der Waals surface area contributed by atoms with Crippen molar-refractivity contribution in [2.75, 3.05) is 6.54 Å². The van der Waals surface area contributed by atoms with Gasteiger partial charge in [-0.1, -0.05) is 156 Å². The number of nitrogens with zero attached hydrogens (tertiary/aromatic N) is 1. The Bertz CT molecular complexity index is 1910. The first-order valence-electron chi connectivity index (χ1n) is 22.1. The van der Waals surface area contributed by atoms with Crippen LogP contribution in [0.2, 0.25) is 5.04 Å². The molecule has 2 aliphatic heterocycles. The molecular weight excluding hydrogens is 769 g/mol. The standard InChI is InChI=1S/C49H64N4O6Si/c1-35(59-60(49(2,3)4,38-25-14-7-15-26-38)39-27-16-8-17-28-39)44(54)31-19-9-18-29-40-45(55)51-41(33-36-21-10-5-11-22-36)46(56)52-42(34-37-23-12-6-13-24-37)48(58)53-32-20-30-43(53)47(57)50-40/h6-9,12-17,19,23-28,35-36,40-43H,5,10-11,18,20-22,29-34H2,1-4H3,(H,50,57)(H,51,55)(H,52,56)/t35-,40-,41+,42-,43+/m0/s1. The van der Waals surface area contributed by atoms with Crippen molar-refractivity contribution in [1.29, 1.82) is 0 Å². The van der Waals surface area contributed by atoms with E-state index in [1.165, 1.54) is 0 Å². The van der Waals surface area contributed by atoms with E-state index < -0.39 is 44.5 Å². The van der Waals surface area contributed by atoms with Crippen LogP contribution in [0.25, 0.3) is 0 Å². The molecule has 1 saturated carbocycles. The lowest BCUT2D eigenvalue weighted by Gasteiger charge is -2.44. The van der Waals surface area contributed by atoms with Gasteiger partial charge in [0.25, 0.3) is 8.32 Å². The van der Waals surface area contributed by atoms with E-state index in [1.54, 1.807) is 4.90 Å². The molecule has 60 heavy (non-hydrogen) atoms. The summed E-state index contributed by atoms with van der Waals surface area (Å²) in [5.41, 5.74) is 0.896. The molecule has 10 nitrogen and oxygen atoms in total. The van der Waals surface area contributed by atoms with Crippen LogP contribution >= 0.6 is 0 Å². The second-order valence-electron chi connectivity index (χ2n) is 17.9. The Hall–Kier alpha value is -4.87. The molecule has 3 N–H and O–H groups in total. The summed E-state index contributed by atoms with van der Waals surface area (Å²) < 4.78 is 7.03. The number of carbonyl (C=O) groups is 5. The maximum Gasteiger partial charge on any atom is 0.262 e. The van der Waals surface area contributed by atoms with Gasteiger partial charge in [-0.3, -0.25) is 24.0 Å². The molecule has 1 aliphatic carbocycles. The molecule has 3 aromatic carbocycles. The van der Waals surface area contributed by atoms with Crippen molar-refractivity contribution in [3.05, 3.63) is 109 Å². The normalized spacial score (nSPS) is 22.9. The summed E-state index contributed by atoms with van der Waals surface area (Å²) in [5.74, 6) is -1.24. The number of carbonyl (C=O) groups excluding carboxylic acids is 5. The third kappa shape index (κ3) is 10.9.